The van der Waals surface area contributed by atoms with Crippen molar-refractivity contribution < 1.29 is 19.1 Å². The van der Waals surface area contributed by atoms with Crippen molar-refractivity contribution in [2.45, 2.75) is 19.4 Å². The highest BCUT2D eigenvalue weighted by atomic mass is 16.5. The van der Waals surface area contributed by atoms with Gasteiger partial charge in [0.15, 0.2) is 0 Å². The molecule has 0 aliphatic rings. The zero-order valence-electron chi connectivity index (χ0n) is 13.6. The van der Waals surface area contributed by atoms with Gasteiger partial charge in [-0.05, 0) is 42.8 Å². The molecule has 1 atom stereocenters. The van der Waals surface area contributed by atoms with E-state index in [0.29, 0.717) is 29.2 Å². The summed E-state index contributed by atoms with van der Waals surface area (Å²) in [5.41, 5.74) is 6.74. The van der Waals surface area contributed by atoms with Crippen LogP contribution in [0.2, 0.25) is 0 Å². The fraction of sp³-hybridized carbons (Fsp3) is 0.222. The molecule has 1 amide bonds. The van der Waals surface area contributed by atoms with E-state index in [1.165, 1.54) is 7.11 Å². The molecule has 2 rings (SSSR count). The second-order valence-corrected chi connectivity index (χ2v) is 5.15. The summed E-state index contributed by atoms with van der Waals surface area (Å²) in [5, 5.41) is 2.75. The van der Waals surface area contributed by atoms with Crippen LogP contribution in [-0.2, 0) is 9.53 Å². The summed E-state index contributed by atoms with van der Waals surface area (Å²) in [6.45, 7) is 1.85. The van der Waals surface area contributed by atoms with Gasteiger partial charge in [-0.15, -0.1) is 0 Å². The lowest BCUT2D eigenvalue weighted by Crippen LogP contribution is -2.34. The van der Waals surface area contributed by atoms with E-state index in [1.54, 1.807) is 48.5 Å². The number of rotatable bonds is 6. The van der Waals surface area contributed by atoms with E-state index in [0.717, 1.165) is 0 Å². The van der Waals surface area contributed by atoms with Gasteiger partial charge in [-0.1, -0.05) is 13.0 Å². The molecule has 0 fully saturated rings. The zero-order chi connectivity index (χ0) is 17.5. The third-order valence-electron chi connectivity index (χ3n) is 3.39. The number of ether oxygens (including phenoxy) is 2. The Balaban J connectivity index is 2.06. The van der Waals surface area contributed by atoms with Crippen molar-refractivity contribution in [3.8, 4) is 11.5 Å². The van der Waals surface area contributed by atoms with Crippen LogP contribution >= 0.6 is 0 Å². The standard InChI is InChI=1S/C18H20N2O4/c1-3-16(19)17(21)20-13-5-4-6-15(11-13)24-14-9-7-12(8-10-14)18(22)23-2/h4-11,16H,3,19H2,1-2H3,(H,20,21). The molecule has 6 heteroatoms. The second kappa shape index (κ2) is 8.12. The Morgan fingerprint density at radius 1 is 1.12 bits per heavy atom. The number of esters is 1. The van der Waals surface area contributed by atoms with E-state index in [1.807, 2.05) is 6.92 Å². The fourth-order valence-corrected chi connectivity index (χ4v) is 1.97. The highest BCUT2D eigenvalue weighted by Gasteiger charge is 2.11. The van der Waals surface area contributed by atoms with Gasteiger partial charge in [-0.3, -0.25) is 4.79 Å². The molecule has 0 saturated carbocycles. The van der Waals surface area contributed by atoms with Crippen LogP contribution in [0.1, 0.15) is 23.7 Å². The molecule has 0 aliphatic carbocycles. The smallest absolute Gasteiger partial charge is 0.337 e. The second-order valence-electron chi connectivity index (χ2n) is 5.15. The lowest BCUT2D eigenvalue weighted by atomic mass is 10.2. The molecule has 0 radical (unpaired) electrons. The Labute approximate surface area is 140 Å². The summed E-state index contributed by atoms with van der Waals surface area (Å²) in [6.07, 6.45) is 0.564. The van der Waals surface area contributed by atoms with Crippen LogP contribution in [0.3, 0.4) is 0 Å². The van der Waals surface area contributed by atoms with Crippen LogP contribution in [0.15, 0.2) is 48.5 Å². The number of anilines is 1. The Hall–Kier alpha value is -2.86. The molecule has 0 saturated heterocycles. The van der Waals surface area contributed by atoms with Crippen molar-refractivity contribution in [2.75, 3.05) is 12.4 Å². The molecule has 24 heavy (non-hydrogen) atoms. The van der Waals surface area contributed by atoms with E-state index in [4.69, 9.17) is 10.5 Å². The Morgan fingerprint density at radius 3 is 2.46 bits per heavy atom. The molecular formula is C18H20N2O4. The molecule has 0 aromatic heterocycles. The summed E-state index contributed by atoms with van der Waals surface area (Å²) in [4.78, 5) is 23.2. The lowest BCUT2D eigenvalue weighted by molar-refractivity contribution is -0.117. The van der Waals surface area contributed by atoms with E-state index < -0.39 is 12.0 Å². The molecule has 2 aromatic rings. The number of hydrogen-bond donors (Lipinski definition) is 2. The van der Waals surface area contributed by atoms with Crippen LogP contribution in [0.25, 0.3) is 0 Å². The van der Waals surface area contributed by atoms with Crippen molar-refractivity contribution in [2.24, 2.45) is 5.73 Å². The first kappa shape index (κ1) is 17.5. The summed E-state index contributed by atoms with van der Waals surface area (Å²) in [5.74, 6) is 0.482. The SMILES string of the molecule is CCC(N)C(=O)Nc1cccc(Oc2ccc(C(=O)OC)cc2)c1. The van der Waals surface area contributed by atoms with Crippen LogP contribution < -0.4 is 15.8 Å². The maximum atomic E-state index is 11.8. The van der Waals surface area contributed by atoms with Gasteiger partial charge < -0.3 is 20.5 Å². The van der Waals surface area contributed by atoms with Crippen molar-refractivity contribution in [1.82, 2.24) is 0 Å². The van der Waals surface area contributed by atoms with Crippen LogP contribution in [0, 0.1) is 0 Å². The lowest BCUT2D eigenvalue weighted by Gasteiger charge is -2.11. The molecule has 0 bridgehead atoms. The van der Waals surface area contributed by atoms with E-state index >= 15 is 0 Å². The predicted molar refractivity (Wildman–Crippen MR) is 91.2 cm³/mol. The zero-order valence-corrected chi connectivity index (χ0v) is 13.6. The summed E-state index contributed by atoms with van der Waals surface area (Å²) >= 11 is 0. The van der Waals surface area contributed by atoms with E-state index in [9.17, 15) is 9.59 Å². The van der Waals surface area contributed by atoms with Crippen molar-refractivity contribution in [1.29, 1.82) is 0 Å². The van der Waals surface area contributed by atoms with Gasteiger partial charge >= 0.3 is 5.97 Å². The average Bonchev–Trinajstić information content (AvgIpc) is 2.61. The maximum Gasteiger partial charge on any atom is 0.337 e. The maximum absolute atomic E-state index is 11.8. The van der Waals surface area contributed by atoms with Crippen LogP contribution in [-0.4, -0.2) is 25.0 Å². The van der Waals surface area contributed by atoms with Gasteiger partial charge in [0.25, 0.3) is 0 Å². The van der Waals surface area contributed by atoms with Crippen molar-refractivity contribution in [3.05, 3.63) is 54.1 Å². The Bertz CT molecular complexity index is 713. The van der Waals surface area contributed by atoms with Crippen molar-refractivity contribution in [3.63, 3.8) is 0 Å². The number of amides is 1. The van der Waals surface area contributed by atoms with Gasteiger partial charge in [0.05, 0.1) is 18.7 Å². The topological polar surface area (TPSA) is 90.7 Å². The minimum atomic E-state index is -0.541. The van der Waals surface area contributed by atoms with Gasteiger partial charge in [0.1, 0.15) is 11.5 Å². The number of nitrogens with two attached hydrogens (primary N) is 1. The summed E-state index contributed by atoms with van der Waals surface area (Å²) in [6, 6.07) is 13.0. The first-order valence-electron chi connectivity index (χ1n) is 7.56. The van der Waals surface area contributed by atoms with E-state index in [-0.39, 0.29) is 5.91 Å². The Kier molecular flexibility index (Phi) is 5.92. The number of carbonyl (C=O) groups is 2. The summed E-state index contributed by atoms with van der Waals surface area (Å²) in [7, 11) is 1.33. The predicted octanol–water partition coefficient (Wildman–Crippen LogP) is 2.94. The third-order valence-corrected chi connectivity index (χ3v) is 3.39. The molecule has 2 aromatic carbocycles. The largest absolute Gasteiger partial charge is 0.465 e. The number of carbonyl (C=O) groups excluding carboxylic acids is 2. The molecule has 6 nitrogen and oxygen atoms in total. The highest BCUT2D eigenvalue weighted by molar-refractivity contribution is 5.94. The quantitative estimate of drug-likeness (QED) is 0.796. The first-order chi connectivity index (χ1) is 11.5. The number of benzene rings is 2. The molecule has 0 aliphatic heterocycles. The van der Waals surface area contributed by atoms with Gasteiger partial charge in [0, 0.05) is 11.8 Å². The minimum Gasteiger partial charge on any atom is -0.465 e. The molecule has 126 valence electrons. The highest BCUT2D eigenvalue weighted by Crippen LogP contribution is 2.24. The third kappa shape index (κ3) is 4.57. The summed E-state index contributed by atoms with van der Waals surface area (Å²) < 4.78 is 10.4. The van der Waals surface area contributed by atoms with Crippen LogP contribution in [0.4, 0.5) is 5.69 Å². The normalized spacial score (nSPS) is 11.5. The van der Waals surface area contributed by atoms with Gasteiger partial charge in [-0.25, -0.2) is 4.79 Å². The Morgan fingerprint density at radius 2 is 1.83 bits per heavy atom. The first-order valence-corrected chi connectivity index (χ1v) is 7.56. The average molecular weight is 328 g/mol. The van der Waals surface area contributed by atoms with Crippen molar-refractivity contribution >= 4 is 17.6 Å². The molecule has 0 spiro atoms. The number of methoxy groups -OCH3 is 1. The van der Waals surface area contributed by atoms with Crippen LogP contribution in [0.5, 0.6) is 11.5 Å². The number of hydrogen-bond acceptors (Lipinski definition) is 5. The molecule has 0 heterocycles. The number of nitrogens with one attached hydrogen (secondary N) is 1. The monoisotopic (exact) mass is 328 g/mol. The fourth-order valence-electron chi connectivity index (χ4n) is 1.97. The van der Waals surface area contributed by atoms with Gasteiger partial charge in [0.2, 0.25) is 5.91 Å². The molecule has 3 N–H and O–H groups in total. The minimum absolute atomic E-state index is 0.239. The molecular weight excluding hydrogens is 308 g/mol. The van der Waals surface area contributed by atoms with Gasteiger partial charge in [-0.2, -0.15) is 0 Å². The van der Waals surface area contributed by atoms with E-state index in [2.05, 4.69) is 10.1 Å². The molecule has 1 unspecified atom stereocenters.